The van der Waals surface area contributed by atoms with Gasteiger partial charge in [-0.2, -0.15) is 0 Å². The Balaban J connectivity index is 2.67. The summed E-state index contributed by atoms with van der Waals surface area (Å²) in [6, 6.07) is 7.82. The van der Waals surface area contributed by atoms with E-state index in [1.54, 1.807) is 18.5 Å². The van der Waals surface area contributed by atoms with E-state index < -0.39 is 0 Å². The van der Waals surface area contributed by atoms with Gasteiger partial charge in [-0.3, -0.25) is 9.78 Å². The number of hydrogen-bond acceptors (Lipinski definition) is 2. The lowest BCUT2D eigenvalue weighted by molar-refractivity contribution is 0.112. The maximum Gasteiger partial charge on any atom is 0.150 e. The van der Waals surface area contributed by atoms with E-state index in [4.69, 9.17) is 0 Å². The molecular formula is C14H13NO. The summed E-state index contributed by atoms with van der Waals surface area (Å²) >= 11 is 0. The number of aromatic nitrogens is 1. The van der Waals surface area contributed by atoms with Gasteiger partial charge in [0.15, 0.2) is 6.29 Å². The van der Waals surface area contributed by atoms with E-state index in [0.29, 0.717) is 5.56 Å². The molecule has 0 aliphatic carbocycles. The average Bonchev–Trinajstić information content (AvgIpc) is 2.33. The van der Waals surface area contributed by atoms with E-state index in [1.165, 1.54) is 11.1 Å². The van der Waals surface area contributed by atoms with Crippen LogP contribution in [0.1, 0.15) is 21.5 Å². The normalized spacial score (nSPS) is 10.1. The summed E-state index contributed by atoms with van der Waals surface area (Å²) in [5.41, 5.74) is 5.08. The van der Waals surface area contributed by atoms with Gasteiger partial charge in [0.25, 0.3) is 0 Å². The van der Waals surface area contributed by atoms with E-state index in [-0.39, 0.29) is 0 Å². The Hall–Kier alpha value is -1.96. The molecule has 1 aromatic carbocycles. The molecule has 2 heteroatoms. The zero-order valence-corrected chi connectivity index (χ0v) is 9.40. The molecule has 2 nitrogen and oxygen atoms in total. The summed E-state index contributed by atoms with van der Waals surface area (Å²) in [6.07, 6.45) is 4.25. The SMILES string of the molecule is Cc1cccc(-c2cnccc2C=O)c1C. The summed E-state index contributed by atoms with van der Waals surface area (Å²) in [7, 11) is 0. The molecule has 0 saturated heterocycles. The van der Waals surface area contributed by atoms with Crippen LogP contribution in [-0.4, -0.2) is 11.3 Å². The van der Waals surface area contributed by atoms with Crippen LogP contribution in [0.25, 0.3) is 11.1 Å². The van der Waals surface area contributed by atoms with Crippen LogP contribution in [0.2, 0.25) is 0 Å². The third-order valence-electron chi connectivity index (χ3n) is 2.88. The number of nitrogens with zero attached hydrogens (tertiary/aromatic N) is 1. The Kier molecular flexibility index (Phi) is 2.82. The first-order valence-corrected chi connectivity index (χ1v) is 5.20. The van der Waals surface area contributed by atoms with Crippen molar-refractivity contribution in [1.29, 1.82) is 0 Å². The second-order valence-electron chi connectivity index (χ2n) is 3.83. The summed E-state index contributed by atoms with van der Waals surface area (Å²) in [5, 5.41) is 0. The molecule has 0 atom stereocenters. The van der Waals surface area contributed by atoms with E-state index in [2.05, 4.69) is 24.9 Å². The van der Waals surface area contributed by atoms with Gasteiger partial charge in [0.05, 0.1) is 0 Å². The van der Waals surface area contributed by atoms with Crippen molar-refractivity contribution in [3.8, 4) is 11.1 Å². The fourth-order valence-electron chi connectivity index (χ4n) is 1.78. The lowest BCUT2D eigenvalue weighted by atomic mass is 9.95. The standard InChI is InChI=1S/C14H13NO/c1-10-4-3-5-13(11(10)2)14-8-15-7-6-12(14)9-16/h3-9H,1-2H3. The summed E-state index contributed by atoms with van der Waals surface area (Å²) in [5.74, 6) is 0. The highest BCUT2D eigenvalue weighted by atomic mass is 16.1. The molecule has 2 rings (SSSR count). The predicted molar refractivity (Wildman–Crippen MR) is 64.5 cm³/mol. The summed E-state index contributed by atoms with van der Waals surface area (Å²) in [6.45, 7) is 4.13. The average molecular weight is 211 g/mol. The van der Waals surface area contributed by atoms with Crippen LogP contribution in [-0.2, 0) is 0 Å². The van der Waals surface area contributed by atoms with E-state index in [9.17, 15) is 4.79 Å². The maximum atomic E-state index is 11.0. The van der Waals surface area contributed by atoms with Gasteiger partial charge >= 0.3 is 0 Å². The lowest BCUT2D eigenvalue weighted by Crippen LogP contribution is -1.92. The molecule has 0 aliphatic heterocycles. The van der Waals surface area contributed by atoms with Crippen molar-refractivity contribution < 1.29 is 4.79 Å². The van der Waals surface area contributed by atoms with Crippen LogP contribution in [0.15, 0.2) is 36.7 Å². The van der Waals surface area contributed by atoms with Crippen LogP contribution in [0.3, 0.4) is 0 Å². The van der Waals surface area contributed by atoms with Crippen molar-refractivity contribution in [3.63, 3.8) is 0 Å². The first-order valence-electron chi connectivity index (χ1n) is 5.20. The van der Waals surface area contributed by atoms with Gasteiger partial charge in [-0.15, -0.1) is 0 Å². The number of hydrogen-bond donors (Lipinski definition) is 0. The number of aryl methyl sites for hydroxylation is 1. The minimum Gasteiger partial charge on any atom is -0.298 e. The van der Waals surface area contributed by atoms with Crippen LogP contribution < -0.4 is 0 Å². The van der Waals surface area contributed by atoms with Gasteiger partial charge in [-0.05, 0) is 36.6 Å². The molecule has 0 bridgehead atoms. The van der Waals surface area contributed by atoms with Gasteiger partial charge in [-0.25, -0.2) is 0 Å². The van der Waals surface area contributed by atoms with Crippen molar-refractivity contribution in [2.24, 2.45) is 0 Å². The highest BCUT2D eigenvalue weighted by Gasteiger charge is 2.07. The van der Waals surface area contributed by atoms with Crippen LogP contribution in [0.5, 0.6) is 0 Å². The Morgan fingerprint density at radius 2 is 1.94 bits per heavy atom. The molecule has 16 heavy (non-hydrogen) atoms. The van der Waals surface area contributed by atoms with Crippen LogP contribution in [0.4, 0.5) is 0 Å². The molecule has 0 aliphatic rings. The minimum absolute atomic E-state index is 0.684. The predicted octanol–water partition coefficient (Wildman–Crippen LogP) is 3.18. The fourth-order valence-corrected chi connectivity index (χ4v) is 1.78. The molecule has 0 unspecified atom stereocenters. The smallest absolute Gasteiger partial charge is 0.150 e. The Morgan fingerprint density at radius 1 is 1.12 bits per heavy atom. The lowest BCUT2D eigenvalue weighted by Gasteiger charge is -2.09. The van der Waals surface area contributed by atoms with Crippen molar-refractivity contribution in [2.45, 2.75) is 13.8 Å². The number of carbonyl (C=O) groups is 1. The van der Waals surface area contributed by atoms with Gasteiger partial charge in [-0.1, -0.05) is 18.2 Å². The van der Waals surface area contributed by atoms with Crippen LogP contribution in [0, 0.1) is 13.8 Å². The van der Waals surface area contributed by atoms with E-state index in [0.717, 1.165) is 17.4 Å². The third-order valence-corrected chi connectivity index (χ3v) is 2.88. The van der Waals surface area contributed by atoms with Crippen molar-refractivity contribution >= 4 is 6.29 Å². The quantitative estimate of drug-likeness (QED) is 0.714. The van der Waals surface area contributed by atoms with Gasteiger partial charge in [0.1, 0.15) is 0 Å². The van der Waals surface area contributed by atoms with Crippen molar-refractivity contribution in [2.75, 3.05) is 0 Å². The maximum absolute atomic E-state index is 11.0. The zero-order valence-electron chi connectivity index (χ0n) is 9.40. The largest absolute Gasteiger partial charge is 0.298 e. The second-order valence-corrected chi connectivity index (χ2v) is 3.83. The topological polar surface area (TPSA) is 30.0 Å². The van der Waals surface area contributed by atoms with Gasteiger partial charge in [0.2, 0.25) is 0 Å². The minimum atomic E-state index is 0.684. The Morgan fingerprint density at radius 3 is 2.69 bits per heavy atom. The summed E-state index contributed by atoms with van der Waals surface area (Å²) < 4.78 is 0. The molecule has 80 valence electrons. The Bertz CT molecular complexity index is 532. The molecule has 0 amide bonds. The molecular weight excluding hydrogens is 198 g/mol. The molecule has 2 aromatic rings. The Labute approximate surface area is 95.0 Å². The highest BCUT2D eigenvalue weighted by Crippen LogP contribution is 2.26. The monoisotopic (exact) mass is 211 g/mol. The molecule has 0 fully saturated rings. The zero-order chi connectivity index (χ0) is 11.5. The van der Waals surface area contributed by atoms with Gasteiger partial charge < -0.3 is 0 Å². The third kappa shape index (κ3) is 1.74. The number of benzene rings is 1. The highest BCUT2D eigenvalue weighted by molar-refractivity contribution is 5.88. The number of carbonyl (C=O) groups excluding carboxylic acids is 1. The van der Waals surface area contributed by atoms with E-state index in [1.807, 2.05) is 12.1 Å². The van der Waals surface area contributed by atoms with Crippen LogP contribution >= 0.6 is 0 Å². The van der Waals surface area contributed by atoms with Crippen molar-refractivity contribution in [1.82, 2.24) is 4.98 Å². The second kappa shape index (κ2) is 4.27. The molecule has 1 heterocycles. The van der Waals surface area contributed by atoms with Crippen molar-refractivity contribution in [3.05, 3.63) is 53.3 Å². The summed E-state index contributed by atoms with van der Waals surface area (Å²) in [4.78, 5) is 15.1. The molecule has 0 spiro atoms. The fraction of sp³-hybridized carbons (Fsp3) is 0.143. The first kappa shape index (κ1) is 10.6. The molecule has 1 aromatic heterocycles. The number of rotatable bonds is 2. The first-order chi connectivity index (χ1) is 7.74. The molecule has 0 radical (unpaired) electrons. The molecule has 0 N–H and O–H groups in total. The number of pyridine rings is 1. The van der Waals surface area contributed by atoms with E-state index >= 15 is 0 Å². The van der Waals surface area contributed by atoms with Gasteiger partial charge in [0, 0.05) is 23.5 Å². The number of aldehydes is 1. The molecule has 0 saturated carbocycles.